The third kappa shape index (κ3) is 3.52. The Morgan fingerprint density at radius 1 is 1.15 bits per heavy atom. The number of hydrogen-bond acceptors (Lipinski definition) is 2. The van der Waals surface area contributed by atoms with Crippen molar-refractivity contribution in [2.75, 3.05) is 5.32 Å². The quantitative estimate of drug-likeness (QED) is 0.649. The van der Waals surface area contributed by atoms with Crippen LogP contribution in [0.1, 0.15) is 49.9 Å². The van der Waals surface area contributed by atoms with E-state index in [9.17, 15) is 4.79 Å². The largest absolute Gasteiger partial charge is 0.331 e. The zero-order valence-corrected chi connectivity index (χ0v) is 16.0. The van der Waals surface area contributed by atoms with Crippen LogP contribution in [0.15, 0.2) is 54.9 Å². The van der Waals surface area contributed by atoms with Gasteiger partial charge >= 0.3 is 6.03 Å². The fourth-order valence-corrected chi connectivity index (χ4v) is 3.78. The molecule has 4 nitrogen and oxygen atoms in total. The third-order valence-electron chi connectivity index (χ3n) is 5.32. The van der Waals surface area contributed by atoms with E-state index in [-0.39, 0.29) is 17.5 Å². The summed E-state index contributed by atoms with van der Waals surface area (Å²) in [5, 5.41) is 8.14. The number of nitrogens with one attached hydrogen (secondary N) is 2. The van der Waals surface area contributed by atoms with E-state index < -0.39 is 0 Å². The molecule has 0 saturated heterocycles. The highest BCUT2D eigenvalue weighted by molar-refractivity contribution is 6.01. The molecule has 0 radical (unpaired) electrons. The predicted octanol–water partition coefficient (Wildman–Crippen LogP) is 5.34. The van der Waals surface area contributed by atoms with E-state index in [1.54, 1.807) is 12.4 Å². The molecule has 1 aliphatic carbocycles. The van der Waals surface area contributed by atoms with E-state index in [4.69, 9.17) is 0 Å². The van der Waals surface area contributed by atoms with Crippen molar-refractivity contribution in [1.29, 1.82) is 0 Å². The maximum absolute atomic E-state index is 12.6. The predicted molar refractivity (Wildman–Crippen MR) is 110 cm³/mol. The SMILES string of the molecule is CC(C)(C)c1ccc2c(c1)CC[C@@H]2NC(=O)Nc1cccc2cnccc12. The average molecular weight is 359 g/mol. The molecule has 2 aromatic carbocycles. The summed E-state index contributed by atoms with van der Waals surface area (Å²) in [4.78, 5) is 16.7. The van der Waals surface area contributed by atoms with E-state index in [0.717, 1.165) is 29.3 Å². The van der Waals surface area contributed by atoms with Crippen LogP contribution in [-0.4, -0.2) is 11.0 Å². The van der Waals surface area contributed by atoms with Crippen LogP contribution in [0.2, 0.25) is 0 Å². The molecule has 0 fully saturated rings. The molecule has 2 N–H and O–H groups in total. The number of aryl methyl sites for hydroxylation is 1. The van der Waals surface area contributed by atoms with Gasteiger partial charge in [-0.1, -0.05) is 51.1 Å². The van der Waals surface area contributed by atoms with Crippen molar-refractivity contribution in [3.63, 3.8) is 0 Å². The second-order valence-electron chi connectivity index (χ2n) is 8.26. The van der Waals surface area contributed by atoms with Gasteiger partial charge in [-0.2, -0.15) is 0 Å². The van der Waals surface area contributed by atoms with Crippen LogP contribution in [0, 0.1) is 0 Å². The van der Waals surface area contributed by atoms with Crippen LogP contribution in [0.4, 0.5) is 10.5 Å². The summed E-state index contributed by atoms with van der Waals surface area (Å²) in [6.45, 7) is 6.69. The van der Waals surface area contributed by atoms with E-state index in [0.29, 0.717) is 0 Å². The Morgan fingerprint density at radius 3 is 2.81 bits per heavy atom. The van der Waals surface area contributed by atoms with Gasteiger partial charge in [0, 0.05) is 23.2 Å². The first kappa shape index (κ1) is 17.5. The first-order valence-electron chi connectivity index (χ1n) is 9.45. The first-order valence-corrected chi connectivity index (χ1v) is 9.45. The van der Waals surface area contributed by atoms with Crippen molar-refractivity contribution in [2.24, 2.45) is 0 Å². The van der Waals surface area contributed by atoms with Crippen LogP contribution in [0.5, 0.6) is 0 Å². The molecule has 0 spiro atoms. The number of amides is 2. The van der Waals surface area contributed by atoms with E-state index >= 15 is 0 Å². The number of carbonyl (C=O) groups excluding carboxylic acids is 1. The van der Waals surface area contributed by atoms with Gasteiger partial charge in [0.15, 0.2) is 0 Å². The molecule has 0 unspecified atom stereocenters. The molecule has 2 amide bonds. The molecule has 0 aliphatic heterocycles. The van der Waals surface area contributed by atoms with E-state index in [1.165, 1.54) is 16.7 Å². The van der Waals surface area contributed by atoms with Crippen molar-refractivity contribution in [3.05, 3.63) is 71.5 Å². The Morgan fingerprint density at radius 2 is 2.00 bits per heavy atom. The number of urea groups is 1. The lowest BCUT2D eigenvalue weighted by Gasteiger charge is -2.21. The number of aromatic nitrogens is 1. The minimum absolute atomic E-state index is 0.0608. The number of anilines is 1. The van der Waals surface area contributed by atoms with Crippen molar-refractivity contribution >= 4 is 22.5 Å². The molecule has 1 heterocycles. The fraction of sp³-hybridized carbons (Fsp3) is 0.304. The zero-order valence-electron chi connectivity index (χ0n) is 16.0. The van der Waals surface area contributed by atoms with Gasteiger partial charge in [-0.3, -0.25) is 4.98 Å². The van der Waals surface area contributed by atoms with Crippen molar-refractivity contribution in [3.8, 4) is 0 Å². The summed E-state index contributed by atoms with van der Waals surface area (Å²) in [6, 6.07) is 14.3. The topological polar surface area (TPSA) is 54.0 Å². The Kier molecular flexibility index (Phi) is 4.34. The number of hydrogen-bond donors (Lipinski definition) is 2. The number of nitrogens with zero attached hydrogens (tertiary/aromatic N) is 1. The van der Waals surface area contributed by atoms with Gasteiger partial charge in [-0.25, -0.2) is 4.79 Å². The standard InChI is InChI=1S/C23H25N3O/c1-23(2,3)17-8-9-18-15(13-17)7-10-21(18)26-22(27)25-20-6-4-5-16-14-24-12-11-19(16)20/h4-6,8-9,11-14,21H,7,10H2,1-3H3,(H2,25,26,27)/t21-/m0/s1. The highest BCUT2D eigenvalue weighted by Crippen LogP contribution is 2.34. The molecule has 1 aromatic heterocycles. The number of pyridine rings is 1. The molecule has 1 aliphatic rings. The average Bonchev–Trinajstić information content (AvgIpc) is 3.03. The normalized spacial score (nSPS) is 16.2. The summed E-state index contributed by atoms with van der Waals surface area (Å²) in [5.41, 5.74) is 4.87. The Balaban J connectivity index is 1.50. The second-order valence-corrected chi connectivity index (χ2v) is 8.26. The summed E-state index contributed by atoms with van der Waals surface area (Å²) < 4.78 is 0. The van der Waals surface area contributed by atoms with Gasteiger partial charge in [0.05, 0.1) is 11.7 Å². The fourth-order valence-electron chi connectivity index (χ4n) is 3.78. The second kappa shape index (κ2) is 6.69. The summed E-state index contributed by atoms with van der Waals surface area (Å²) >= 11 is 0. The number of rotatable bonds is 2. The van der Waals surface area contributed by atoms with Crippen molar-refractivity contribution < 1.29 is 4.79 Å². The monoisotopic (exact) mass is 359 g/mol. The van der Waals surface area contributed by atoms with Gasteiger partial charge in [0.2, 0.25) is 0 Å². The molecule has 3 aromatic rings. The summed E-state index contributed by atoms with van der Waals surface area (Å²) in [6.07, 6.45) is 5.49. The lowest BCUT2D eigenvalue weighted by Crippen LogP contribution is -2.31. The van der Waals surface area contributed by atoms with Gasteiger partial charge in [0.25, 0.3) is 0 Å². The zero-order chi connectivity index (χ0) is 19.0. The van der Waals surface area contributed by atoms with Crippen LogP contribution in [-0.2, 0) is 11.8 Å². The Labute approximate surface area is 160 Å². The van der Waals surface area contributed by atoms with Gasteiger partial charge in [0.1, 0.15) is 0 Å². The molecule has 138 valence electrons. The maximum Gasteiger partial charge on any atom is 0.319 e. The molecule has 4 heteroatoms. The summed E-state index contributed by atoms with van der Waals surface area (Å²) in [5.74, 6) is 0. The van der Waals surface area contributed by atoms with Crippen LogP contribution >= 0.6 is 0 Å². The molecular formula is C23H25N3O. The molecule has 4 rings (SSSR count). The summed E-state index contributed by atoms with van der Waals surface area (Å²) in [7, 11) is 0. The maximum atomic E-state index is 12.6. The Hall–Kier alpha value is -2.88. The van der Waals surface area contributed by atoms with Crippen molar-refractivity contribution in [1.82, 2.24) is 10.3 Å². The number of fused-ring (bicyclic) bond motifs is 2. The van der Waals surface area contributed by atoms with Crippen LogP contribution < -0.4 is 10.6 Å². The number of benzene rings is 2. The van der Waals surface area contributed by atoms with Gasteiger partial charge < -0.3 is 10.6 Å². The molecular weight excluding hydrogens is 334 g/mol. The highest BCUT2D eigenvalue weighted by Gasteiger charge is 2.26. The van der Waals surface area contributed by atoms with Crippen LogP contribution in [0.25, 0.3) is 10.8 Å². The molecule has 27 heavy (non-hydrogen) atoms. The third-order valence-corrected chi connectivity index (χ3v) is 5.32. The Bertz CT molecular complexity index is 999. The first-order chi connectivity index (χ1) is 12.9. The van der Waals surface area contributed by atoms with E-state index in [2.05, 4.69) is 54.6 Å². The van der Waals surface area contributed by atoms with Gasteiger partial charge in [-0.05, 0) is 47.1 Å². The molecule has 0 saturated carbocycles. The highest BCUT2D eigenvalue weighted by atomic mass is 16.2. The number of carbonyl (C=O) groups is 1. The van der Waals surface area contributed by atoms with Gasteiger partial charge in [-0.15, -0.1) is 0 Å². The molecule has 1 atom stereocenters. The van der Waals surface area contributed by atoms with E-state index in [1.807, 2.05) is 24.3 Å². The molecule has 0 bridgehead atoms. The lowest BCUT2D eigenvalue weighted by atomic mass is 9.85. The van der Waals surface area contributed by atoms with Crippen molar-refractivity contribution in [2.45, 2.75) is 45.1 Å². The minimum Gasteiger partial charge on any atom is -0.331 e. The lowest BCUT2D eigenvalue weighted by molar-refractivity contribution is 0.248. The smallest absolute Gasteiger partial charge is 0.319 e. The minimum atomic E-state index is -0.169. The van der Waals surface area contributed by atoms with Crippen LogP contribution in [0.3, 0.4) is 0 Å².